The summed E-state index contributed by atoms with van der Waals surface area (Å²) in [4.78, 5) is 12.6. The van der Waals surface area contributed by atoms with Crippen molar-refractivity contribution in [2.24, 2.45) is 0 Å². The van der Waals surface area contributed by atoms with E-state index in [-0.39, 0.29) is 24.5 Å². The predicted octanol–water partition coefficient (Wildman–Crippen LogP) is 1.29. The number of aliphatic carboxylic acids is 1. The van der Waals surface area contributed by atoms with Gasteiger partial charge in [0.15, 0.2) is 9.84 Å². The van der Waals surface area contributed by atoms with Gasteiger partial charge in [-0.3, -0.25) is 4.79 Å². The van der Waals surface area contributed by atoms with Gasteiger partial charge in [-0.15, -0.1) is 0 Å². The maximum absolute atomic E-state index is 11.7. The van der Waals surface area contributed by atoms with Gasteiger partial charge in [-0.25, -0.2) is 8.42 Å². The average molecular weight is 329 g/mol. The van der Waals surface area contributed by atoms with Crippen molar-refractivity contribution in [1.29, 1.82) is 5.26 Å². The second-order valence-corrected chi connectivity index (χ2v) is 7.50. The summed E-state index contributed by atoms with van der Waals surface area (Å²) in [7, 11) is -3.27. The number of hydrogen-bond acceptors (Lipinski definition) is 5. The molecule has 1 unspecified atom stereocenters. The molecule has 1 aromatic rings. The normalized spacial score (nSPS) is 20.8. The molecular weight excluding hydrogens is 316 g/mol. The van der Waals surface area contributed by atoms with Crippen molar-refractivity contribution in [3.05, 3.63) is 28.8 Å². The lowest BCUT2D eigenvalue weighted by atomic mass is 10.1. The minimum absolute atomic E-state index is 0.0689. The van der Waals surface area contributed by atoms with Gasteiger partial charge in [-0.2, -0.15) is 5.26 Å². The van der Waals surface area contributed by atoms with Crippen LogP contribution >= 0.6 is 11.6 Å². The molecule has 0 aliphatic carbocycles. The molecule has 1 aliphatic rings. The third-order valence-electron chi connectivity index (χ3n) is 3.33. The van der Waals surface area contributed by atoms with E-state index >= 15 is 0 Å². The van der Waals surface area contributed by atoms with Crippen LogP contribution in [0.4, 0.5) is 5.69 Å². The molecule has 1 atom stereocenters. The molecule has 0 aromatic heterocycles. The number of anilines is 1. The van der Waals surface area contributed by atoms with Crippen LogP contribution in [-0.2, 0) is 14.6 Å². The van der Waals surface area contributed by atoms with Gasteiger partial charge in [0, 0.05) is 11.6 Å². The molecule has 0 radical (unpaired) electrons. The molecular formula is C13H13ClN2O4S. The van der Waals surface area contributed by atoms with Crippen molar-refractivity contribution < 1.29 is 18.3 Å². The summed E-state index contributed by atoms with van der Waals surface area (Å²) in [5, 5.41) is 18.5. The largest absolute Gasteiger partial charge is 0.481 e. The smallest absolute Gasteiger partial charge is 0.305 e. The number of hydrogen-bond donors (Lipinski definition) is 1. The molecule has 1 aliphatic heterocycles. The van der Waals surface area contributed by atoms with Gasteiger partial charge in [0.25, 0.3) is 0 Å². The quantitative estimate of drug-likeness (QED) is 0.897. The molecule has 0 saturated carbocycles. The second-order valence-electron chi connectivity index (χ2n) is 4.83. The summed E-state index contributed by atoms with van der Waals surface area (Å²) >= 11 is 5.93. The number of nitrogens with zero attached hydrogens (tertiary/aromatic N) is 2. The van der Waals surface area contributed by atoms with Crippen molar-refractivity contribution in [2.75, 3.05) is 23.0 Å². The van der Waals surface area contributed by atoms with Crippen molar-refractivity contribution in [2.45, 2.75) is 12.5 Å². The average Bonchev–Trinajstić information content (AvgIpc) is 2.37. The first-order valence-corrected chi connectivity index (χ1v) is 8.41. The number of nitriles is 1. The highest BCUT2D eigenvalue weighted by Crippen LogP contribution is 2.29. The Labute approximate surface area is 127 Å². The molecule has 1 N–H and O–H groups in total. The van der Waals surface area contributed by atoms with E-state index in [2.05, 4.69) is 0 Å². The lowest BCUT2D eigenvalue weighted by molar-refractivity contribution is -0.137. The van der Waals surface area contributed by atoms with Gasteiger partial charge < -0.3 is 10.0 Å². The van der Waals surface area contributed by atoms with E-state index in [1.165, 1.54) is 0 Å². The third kappa shape index (κ3) is 3.65. The molecule has 2 rings (SSSR count). The molecule has 0 spiro atoms. The van der Waals surface area contributed by atoms with E-state index in [1.54, 1.807) is 23.1 Å². The fourth-order valence-electron chi connectivity index (χ4n) is 2.41. The van der Waals surface area contributed by atoms with Crippen LogP contribution < -0.4 is 4.90 Å². The van der Waals surface area contributed by atoms with Crippen LogP contribution in [0.3, 0.4) is 0 Å². The molecule has 21 heavy (non-hydrogen) atoms. The molecule has 1 heterocycles. The van der Waals surface area contributed by atoms with Crippen LogP contribution in [0, 0.1) is 11.3 Å². The summed E-state index contributed by atoms with van der Waals surface area (Å²) in [5.74, 6) is -1.39. The lowest BCUT2D eigenvalue weighted by Crippen LogP contribution is -2.49. The van der Waals surface area contributed by atoms with E-state index in [0.29, 0.717) is 16.3 Å². The van der Waals surface area contributed by atoms with Crippen LogP contribution in [0.1, 0.15) is 12.0 Å². The fourth-order valence-corrected chi connectivity index (χ4v) is 4.10. The highest BCUT2D eigenvalue weighted by molar-refractivity contribution is 7.91. The summed E-state index contributed by atoms with van der Waals surface area (Å²) in [6.07, 6.45) is -0.309. The molecule has 0 bridgehead atoms. The number of halogens is 1. The summed E-state index contributed by atoms with van der Waals surface area (Å²) in [6.45, 7) is 0.148. The number of carboxylic acids is 1. The second kappa shape index (κ2) is 5.92. The van der Waals surface area contributed by atoms with Crippen molar-refractivity contribution in [3.8, 4) is 6.07 Å². The summed E-state index contributed by atoms with van der Waals surface area (Å²) < 4.78 is 23.5. The van der Waals surface area contributed by atoms with Gasteiger partial charge in [0.1, 0.15) is 6.07 Å². The van der Waals surface area contributed by atoms with Crippen molar-refractivity contribution >= 4 is 33.1 Å². The van der Waals surface area contributed by atoms with E-state index in [0.717, 1.165) is 0 Å². The van der Waals surface area contributed by atoms with Gasteiger partial charge in [0.2, 0.25) is 0 Å². The monoisotopic (exact) mass is 328 g/mol. The highest BCUT2D eigenvalue weighted by atomic mass is 35.5. The molecule has 6 nitrogen and oxygen atoms in total. The van der Waals surface area contributed by atoms with E-state index < -0.39 is 21.8 Å². The van der Waals surface area contributed by atoms with E-state index in [4.69, 9.17) is 22.0 Å². The van der Waals surface area contributed by atoms with Crippen molar-refractivity contribution in [1.82, 2.24) is 0 Å². The van der Waals surface area contributed by atoms with Gasteiger partial charge in [-0.1, -0.05) is 11.6 Å². The molecule has 1 aromatic carbocycles. The Morgan fingerprint density at radius 3 is 2.86 bits per heavy atom. The van der Waals surface area contributed by atoms with E-state index in [1.807, 2.05) is 6.07 Å². The molecule has 0 amide bonds. The van der Waals surface area contributed by atoms with Crippen LogP contribution in [0.25, 0.3) is 0 Å². The Balaban J connectivity index is 2.43. The van der Waals surface area contributed by atoms with Gasteiger partial charge in [-0.05, 0) is 18.2 Å². The third-order valence-corrected chi connectivity index (χ3v) is 5.26. The Kier molecular flexibility index (Phi) is 4.40. The number of rotatable bonds is 3. The van der Waals surface area contributed by atoms with Gasteiger partial charge >= 0.3 is 5.97 Å². The highest BCUT2D eigenvalue weighted by Gasteiger charge is 2.33. The first-order chi connectivity index (χ1) is 9.82. The zero-order valence-electron chi connectivity index (χ0n) is 11.0. The Morgan fingerprint density at radius 2 is 2.24 bits per heavy atom. The minimum atomic E-state index is -3.27. The number of carbonyl (C=O) groups is 1. The topological polar surface area (TPSA) is 98.5 Å². The number of benzene rings is 1. The molecule has 112 valence electrons. The van der Waals surface area contributed by atoms with Gasteiger partial charge in [0.05, 0.1) is 35.2 Å². The molecule has 1 saturated heterocycles. The zero-order valence-corrected chi connectivity index (χ0v) is 12.6. The molecule has 1 fully saturated rings. The van der Waals surface area contributed by atoms with Crippen LogP contribution in [-0.4, -0.2) is 43.6 Å². The first kappa shape index (κ1) is 15.6. The number of sulfone groups is 1. The minimum Gasteiger partial charge on any atom is -0.481 e. The van der Waals surface area contributed by atoms with Crippen molar-refractivity contribution in [3.63, 3.8) is 0 Å². The maximum Gasteiger partial charge on any atom is 0.305 e. The van der Waals surface area contributed by atoms with Crippen LogP contribution in [0.5, 0.6) is 0 Å². The number of carboxylic acid groups (broad SMARTS) is 1. The standard InChI is InChI=1S/C13H13ClN2O4S/c14-10-2-1-9(7-15)12(5-10)16-3-4-21(19,20)8-11(16)6-13(17)18/h1-2,5,11H,3-4,6,8H2,(H,17,18). The zero-order chi connectivity index (χ0) is 15.6. The summed E-state index contributed by atoms with van der Waals surface area (Å²) in [5.41, 5.74) is 0.820. The summed E-state index contributed by atoms with van der Waals surface area (Å²) in [6, 6.07) is 5.98. The molecule has 8 heteroatoms. The SMILES string of the molecule is N#Cc1ccc(Cl)cc1N1CCS(=O)(=O)CC1CC(=O)O. The fraction of sp³-hybridized carbons (Fsp3) is 0.385. The Bertz CT molecular complexity index is 711. The maximum atomic E-state index is 11.7. The van der Waals surface area contributed by atoms with E-state index in [9.17, 15) is 13.2 Å². The first-order valence-electron chi connectivity index (χ1n) is 6.21. The predicted molar refractivity (Wildman–Crippen MR) is 78.2 cm³/mol. The van der Waals surface area contributed by atoms with Crippen LogP contribution in [0.2, 0.25) is 5.02 Å². The Morgan fingerprint density at radius 1 is 1.52 bits per heavy atom. The Hall–Kier alpha value is -1.78. The lowest BCUT2D eigenvalue weighted by Gasteiger charge is -2.37. The van der Waals surface area contributed by atoms with Crippen LogP contribution in [0.15, 0.2) is 18.2 Å².